The molecule has 29 nitrogen and oxygen atoms in total. The van der Waals surface area contributed by atoms with E-state index < -0.39 is 106 Å². The highest BCUT2D eigenvalue weighted by Gasteiger charge is 2.27. The largest absolute Gasteiger partial charge is 0.481 e. The first-order valence-corrected chi connectivity index (χ1v) is 32.4. The van der Waals surface area contributed by atoms with Gasteiger partial charge in [0, 0.05) is 96.6 Å². The van der Waals surface area contributed by atoms with Crippen molar-refractivity contribution >= 4 is 74.7 Å². The van der Waals surface area contributed by atoms with Gasteiger partial charge in [-0.3, -0.25) is 47.9 Å². The van der Waals surface area contributed by atoms with E-state index in [1.165, 1.54) is 45.4 Å². The van der Waals surface area contributed by atoms with Gasteiger partial charge in [0.2, 0.25) is 33.7 Å². The zero-order valence-electron chi connectivity index (χ0n) is 50.9. The van der Waals surface area contributed by atoms with Crippen molar-refractivity contribution in [3.8, 4) is 0 Å². The topological polar surface area (TPSA) is 458 Å². The number of hydrogen-bond acceptors (Lipinski definition) is 20. The third-order valence-electron chi connectivity index (χ3n) is 14.6. The number of aromatic amines is 2. The minimum absolute atomic E-state index is 0. The summed E-state index contributed by atoms with van der Waals surface area (Å²) in [6.45, 7) is 1.10. The molecule has 0 radical (unpaired) electrons. The molecule has 0 bridgehead atoms. The molecule has 0 fully saturated rings. The highest BCUT2D eigenvalue weighted by atomic mass is 32.2. The van der Waals surface area contributed by atoms with E-state index in [2.05, 4.69) is 46.5 Å². The number of tetrazole rings is 1. The lowest BCUT2D eigenvalue weighted by Gasteiger charge is -2.16. The third-order valence-corrected chi connectivity index (χ3v) is 16.0. The summed E-state index contributed by atoms with van der Waals surface area (Å²) in [6, 6.07) is -3.68. The Morgan fingerprint density at radius 1 is 0.602 bits per heavy atom. The molecule has 0 aliphatic heterocycles. The van der Waals surface area contributed by atoms with Crippen LogP contribution in [0.3, 0.4) is 0 Å². The maximum Gasteiger partial charge on any atom is 0.326 e. The third kappa shape index (κ3) is 39.1. The molecule has 0 saturated carbocycles. The minimum atomic E-state index is -4.01. The van der Waals surface area contributed by atoms with E-state index in [1.807, 2.05) is 4.72 Å². The summed E-state index contributed by atoms with van der Waals surface area (Å²) < 4.78 is 37.6. The van der Waals surface area contributed by atoms with Crippen molar-refractivity contribution in [2.24, 2.45) is 17.6 Å². The van der Waals surface area contributed by atoms with Gasteiger partial charge in [-0.25, -0.2) is 23.0 Å². The lowest BCUT2D eigenvalue weighted by Crippen LogP contribution is -2.42. The maximum absolute atomic E-state index is 12.7. The highest BCUT2D eigenvalue weighted by molar-refractivity contribution is 7.90. The average molecular weight is 1270 g/mol. The molecule has 0 saturated heterocycles. The van der Waals surface area contributed by atoms with Crippen LogP contribution in [0.5, 0.6) is 0 Å². The van der Waals surface area contributed by atoms with Gasteiger partial charge in [0.05, 0.1) is 37.3 Å². The molecule has 0 aliphatic rings. The molecule has 0 unspecified atom stereocenters. The highest BCUT2D eigenvalue weighted by Crippen LogP contribution is 2.19. The van der Waals surface area contributed by atoms with E-state index in [-0.39, 0.29) is 129 Å². The summed E-state index contributed by atoms with van der Waals surface area (Å²) in [5.41, 5.74) is 6.72. The minimum Gasteiger partial charge on any atom is -0.481 e. The Kier molecular flexibility index (Phi) is 40.5. The normalized spacial score (nSPS) is 13.1. The molecular weight excluding hydrogens is 1170 g/mol. The number of carboxylic acid groups (broad SMARTS) is 3. The monoisotopic (exact) mass is 1270 g/mol. The second-order valence-electron chi connectivity index (χ2n) is 22.2. The first-order chi connectivity index (χ1) is 42.0. The standard InChI is InChI=1S/C58H95N11O18S.H2/c1-41(70)42(36-50(73)47(59)37-44-38-60-40-62-44)19-15-16-30-61-52(74)29-24-43(56(78)79)35-46(72)26-28-49(58(82)83)64-55(77)39-87-33-32-86-31-17-20-45(71)25-27-48(57(80)81)63-53(75)23-18-34-88(84,85)67-54(76)22-14-12-10-8-6-4-2-3-5-7-9-11-13-21-51-65-68-69-66-51;/h38,40,42-43,47-49H,2-37,39,59H2,1H3,(H,60,62)(H,61,74)(H,63,75)(H,64,77)(H,67,76)(H,78,79)(H,80,81)(H,82,83)(H,65,66,68,69);1H/t42-,43-,47+,48+,49+;/m1./s1. The second-order valence-corrected chi connectivity index (χ2v) is 24.0. The first kappa shape index (κ1) is 77.2. The number of H-pyrrole nitrogens is 2. The number of nitrogens with one attached hydrogen (secondary N) is 6. The first-order valence-electron chi connectivity index (χ1n) is 30.8. The van der Waals surface area contributed by atoms with Crippen LogP contribution in [0.4, 0.5) is 0 Å². The van der Waals surface area contributed by atoms with Gasteiger partial charge in [0.1, 0.15) is 36.0 Å². The predicted molar refractivity (Wildman–Crippen MR) is 320 cm³/mol. The number of unbranched alkanes of at least 4 members (excludes halogenated alkanes) is 13. The number of aromatic nitrogens is 6. The summed E-state index contributed by atoms with van der Waals surface area (Å²) >= 11 is 0. The van der Waals surface area contributed by atoms with E-state index >= 15 is 0 Å². The van der Waals surface area contributed by atoms with Crippen LogP contribution in [0, 0.1) is 11.8 Å². The number of carbonyl (C=O) groups is 11. The molecule has 30 heteroatoms. The molecule has 5 atom stereocenters. The number of hydrogen-bond donors (Lipinski definition) is 10. The van der Waals surface area contributed by atoms with Crippen molar-refractivity contribution in [1.29, 1.82) is 0 Å². The summed E-state index contributed by atoms with van der Waals surface area (Å²) in [5.74, 6) is -9.52. The maximum atomic E-state index is 12.7. The van der Waals surface area contributed by atoms with E-state index in [4.69, 9.17) is 15.2 Å². The number of rotatable bonds is 57. The van der Waals surface area contributed by atoms with Crippen LogP contribution in [-0.2, 0) is 85.1 Å². The summed E-state index contributed by atoms with van der Waals surface area (Å²) in [6.07, 6.45) is 17.4. The summed E-state index contributed by atoms with van der Waals surface area (Å²) in [7, 11) is -4.01. The lowest BCUT2D eigenvalue weighted by atomic mass is 9.90. The van der Waals surface area contributed by atoms with Gasteiger partial charge < -0.3 is 51.5 Å². The Morgan fingerprint density at radius 2 is 1.20 bits per heavy atom. The number of ketones is 4. The van der Waals surface area contributed by atoms with Gasteiger partial charge in [-0.05, 0) is 64.7 Å². The van der Waals surface area contributed by atoms with Crippen molar-refractivity contribution in [3.05, 3.63) is 24.0 Å². The molecule has 2 aromatic heterocycles. The fourth-order valence-electron chi connectivity index (χ4n) is 9.43. The van der Waals surface area contributed by atoms with Crippen LogP contribution in [-0.4, -0.2) is 176 Å². The van der Waals surface area contributed by atoms with Gasteiger partial charge in [-0.2, -0.15) is 5.21 Å². The zero-order chi connectivity index (χ0) is 65.0. The quantitative estimate of drug-likeness (QED) is 0.0419. The van der Waals surface area contributed by atoms with E-state index in [0.717, 1.165) is 57.2 Å². The van der Waals surface area contributed by atoms with Crippen LogP contribution in [0.2, 0.25) is 0 Å². The average Bonchev–Trinajstić information content (AvgIpc) is 4.43. The Bertz CT molecular complexity index is 2540. The number of Topliss-reactive ketones (excluding diaryl/α,β-unsaturated/α-hetero) is 4. The fourth-order valence-corrected chi connectivity index (χ4v) is 10.5. The van der Waals surface area contributed by atoms with E-state index in [1.54, 1.807) is 6.20 Å². The van der Waals surface area contributed by atoms with Crippen molar-refractivity contribution in [2.45, 2.75) is 224 Å². The van der Waals surface area contributed by atoms with Gasteiger partial charge >= 0.3 is 17.9 Å². The number of amides is 4. The molecule has 0 aliphatic carbocycles. The molecule has 498 valence electrons. The Hall–Kier alpha value is -6.92. The number of aryl methyl sites for hydroxylation is 1. The van der Waals surface area contributed by atoms with Crippen molar-refractivity contribution in [3.63, 3.8) is 0 Å². The summed E-state index contributed by atoms with van der Waals surface area (Å²) in [5, 5.41) is 50.1. The molecular formula is C58H97N11O18S. The lowest BCUT2D eigenvalue weighted by molar-refractivity contribution is -0.145. The molecule has 0 aromatic carbocycles. The van der Waals surface area contributed by atoms with Crippen molar-refractivity contribution in [1.82, 2.24) is 51.3 Å². The molecule has 2 rings (SSSR count). The Labute approximate surface area is 516 Å². The van der Waals surface area contributed by atoms with Gasteiger partial charge in [-0.1, -0.05) is 82.3 Å². The van der Waals surface area contributed by atoms with Crippen LogP contribution in [0.1, 0.15) is 206 Å². The molecule has 2 heterocycles. The molecule has 0 spiro atoms. The number of sulfonamides is 1. The number of carboxylic acids is 3. The van der Waals surface area contributed by atoms with Crippen molar-refractivity contribution < 1.29 is 87.4 Å². The number of aliphatic carboxylic acids is 3. The molecule has 11 N–H and O–H groups in total. The molecule has 4 amide bonds. The van der Waals surface area contributed by atoms with Gasteiger partial charge in [0.25, 0.3) is 0 Å². The van der Waals surface area contributed by atoms with Crippen LogP contribution in [0.25, 0.3) is 0 Å². The van der Waals surface area contributed by atoms with Crippen LogP contribution < -0.4 is 26.4 Å². The second kappa shape index (κ2) is 46.2. The number of nitrogens with zero attached hydrogens (tertiary/aromatic N) is 4. The van der Waals surface area contributed by atoms with Gasteiger partial charge in [-0.15, -0.1) is 10.2 Å². The van der Waals surface area contributed by atoms with E-state index in [0.29, 0.717) is 31.4 Å². The Balaban J connectivity index is 0.0000396. The number of nitrogens with two attached hydrogens (primary N) is 1. The van der Waals surface area contributed by atoms with Crippen LogP contribution >= 0.6 is 0 Å². The number of imidazole rings is 1. The van der Waals surface area contributed by atoms with E-state index in [9.17, 15) is 76.5 Å². The van der Waals surface area contributed by atoms with Crippen molar-refractivity contribution in [2.75, 3.05) is 38.7 Å². The molecule has 2 aromatic rings. The predicted octanol–water partition coefficient (Wildman–Crippen LogP) is 3.94. The summed E-state index contributed by atoms with van der Waals surface area (Å²) in [4.78, 5) is 142. The molecule has 88 heavy (non-hydrogen) atoms. The Morgan fingerprint density at radius 3 is 1.80 bits per heavy atom. The fraction of sp³-hybridized carbons (Fsp3) is 0.741. The van der Waals surface area contributed by atoms with Gasteiger partial charge in [0.15, 0.2) is 11.6 Å². The number of carbonyl (C=O) groups excluding carboxylic acids is 8. The zero-order valence-corrected chi connectivity index (χ0v) is 51.8. The number of ether oxygens (including phenoxy) is 2. The van der Waals surface area contributed by atoms with Crippen LogP contribution in [0.15, 0.2) is 12.5 Å². The SMILES string of the molecule is CC(=O)[C@H](CCCCNC(=O)CC[C@H](CC(=O)CC[C@H](NC(=O)COCCOCCCC(=O)CC[C@H](NC(=O)CCCS(=O)(=O)NC(=O)CCCCCCCCCCCCCCCc1nn[nH]n1)C(=O)O)C(=O)O)C(=O)O)CC(=O)[C@@H](N)Cc1cnc[nH]1.[HH]. The smallest absolute Gasteiger partial charge is 0.326 e.